The number of carbonyl (C=O) groups is 6. The fraction of sp³-hybridized carbons (Fsp3) is 0.375. The third-order valence-corrected chi connectivity index (χ3v) is 6.63. The number of hydrogen-bond acceptors (Lipinski definition) is 10. The molecule has 1 aliphatic rings. The number of benzene rings is 1. The lowest BCUT2D eigenvalue weighted by molar-refractivity contribution is -0.176. The van der Waals surface area contributed by atoms with Gasteiger partial charge in [0.05, 0.1) is 0 Å². The summed E-state index contributed by atoms with van der Waals surface area (Å²) < 4.78 is 5.17. The van der Waals surface area contributed by atoms with Crippen LogP contribution in [0.5, 0.6) is 0 Å². The van der Waals surface area contributed by atoms with Crippen LogP contribution in [0.15, 0.2) is 33.5 Å². The van der Waals surface area contributed by atoms with Gasteiger partial charge in [-0.2, -0.15) is 12.6 Å². The molecule has 2 unspecified atom stereocenters. The average Bonchev–Trinajstić information content (AvgIpc) is 2.85. The molecule has 14 heteroatoms. The molecule has 5 N–H and O–H groups in total. The van der Waals surface area contributed by atoms with Gasteiger partial charge >= 0.3 is 17.6 Å². The van der Waals surface area contributed by atoms with Gasteiger partial charge in [-0.3, -0.25) is 28.9 Å². The lowest BCUT2D eigenvalue weighted by atomic mass is 9.77. The van der Waals surface area contributed by atoms with Crippen molar-refractivity contribution in [2.75, 3.05) is 5.75 Å². The van der Waals surface area contributed by atoms with Crippen molar-refractivity contribution in [1.82, 2.24) is 10.2 Å². The minimum absolute atomic E-state index is 0.0554. The zero-order chi connectivity index (χ0) is 28.4. The first-order valence-electron chi connectivity index (χ1n) is 11.4. The smallest absolute Gasteiger partial charge is 0.342 e. The number of Topliss-reactive ketones (excluding diaryl/α,β-unsaturated/α-hetero) is 1. The van der Waals surface area contributed by atoms with Crippen molar-refractivity contribution >= 4 is 59.0 Å². The topological polar surface area (TPSA) is 214 Å². The molecule has 0 aliphatic carbocycles. The van der Waals surface area contributed by atoms with Crippen molar-refractivity contribution in [2.45, 2.75) is 50.2 Å². The Kier molecular flexibility index (Phi) is 8.37. The molecule has 1 aromatic heterocycles. The van der Waals surface area contributed by atoms with E-state index in [0.29, 0.717) is 15.8 Å². The minimum Gasteiger partial charge on any atom is -0.480 e. The van der Waals surface area contributed by atoms with Gasteiger partial charge in [-0.1, -0.05) is 6.07 Å². The molecule has 0 spiro atoms. The maximum absolute atomic E-state index is 13.6. The Bertz CT molecular complexity index is 1400. The molecular formula is C24H25N3O10S. The molecule has 1 fully saturated rings. The Hall–Kier alpha value is -4.04. The van der Waals surface area contributed by atoms with E-state index in [1.807, 2.05) is 0 Å². The molecule has 0 radical (unpaired) electrons. The number of aryl methyl sites for hydroxylation is 1. The fourth-order valence-electron chi connectivity index (χ4n) is 4.33. The van der Waals surface area contributed by atoms with E-state index in [9.17, 15) is 38.7 Å². The molecule has 2 heterocycles. The minimum atomic E-state index is -2.81. The van der Waals surface area contributed by atoms with Crippen LogP contribution < -0.4 is 16.7 Å². The van der Waals surface area contributed by atoms with Crippen molar-refractivity contribution in [3.63, 3.8) is 0 Å². The van der Waals surface area contributed by atoms with Crippen molar-refractivity contribution in [2.24, 2.45) is 5.73 Å². The summed E-state index contributed by atoms with van der Waals surface area (Å²) in [6, 6.07) is 2.18. The second-order valence-corrected chi connectivity index (χ2v) is 9.12. The summed E-state index contributed by atoms with van der Waals surface area (Å²) in [4.78, 5) is 88.2. The number of carboxylic acids is 2. The first kappa shape index (κ1) is 28.5. The number of carbonyl (C=O) groups excluding carboxylic acids is 4. The highest BCUT2D eigenvalue weighted by molar-refractivity contribution is 7.80. The van der Waals surface area contributed by atoms with Gasteiger partial charge in [0.15, 0.2) is 5.78 Å². The second-order valence-electron chi connectivity index (χ2n) is 8.75. The summed E-state index contributed by atoms with van der Waals surface area (Å²) >= 11 is 4.04. The van der Waals surface area contributed by atoms with Crippen molar-refractivity contribution in [1.29, 1.82) is 0 Å². The number of aliphatic carboxylic acids is 2. The number of imide groups is 1. The van der Waals surface area contributed by atoms with E-state index in [1.54, 1.807) is 6.92 Å². The molecular weight excluding hydrogens is 522 g/mol. The zero-order valence-electron chi connectivity index (χ0n) is 20.1. The number of nitrogens with two attached hydrogens (primary N) is 1. The molecule has 1 aromatic carbocycles. The molecule has 38 heavy (non-hydrogen) atoms. The predicted molar refractivity (Wildman–Crippen MR) is 133 cm³/mol. The molecule has 0 saturated carbocycles. The number of nitrogens with zero attached hydrogens (tertiary/aromatic N) is 1. The van der Waals surface area contributed by atoms with E-state index in [-0.39, 0.29) is 29.7 Å². The van der Waals surface area contributed by atoms with Crippen LogP contribution in [0.4, 0.5) is 0 Å². The lowest BCUT2D eigenvalue weighted by Gasteiger charge is -2.42. The number of carboxylic acid groups (broad SMARTS) is 2. The Balaban J connectivity index is 2.09. The van der Waals surface area contributed by atoms with Crippen LogP contribution in [0.1, 0.15) is 36.8 Å². The number of thiol groups is 1. The summed E-state index contributed by atoms with van der Waals surface area (Å²) in [6.07, 6.45) is -1.57. The monoisotopic (exact) mass is 547 g/mol. The largest absolute Gasteiger partial charge is 0.480 e. The normalized spacial score (nSPS) is 19.2. The van der Waals surface area contributed by atoms with Gasteiger partial charge in [0.25, 0.3) is 5.91 Å². The first-order valence-corrected chi connectivity index (χ1v) is 12.0. The van der Waals surface area contributed by atoms with Gasteiger partial charge in [-0.25, -0.2) is 9.59 Å². The average molecular weight is 548 g/mol. The Labute approximate surface area is 220 Å². The summed E-state index contributed by atoms with van der Waals surface area (Å²) in [7, 11) is 0. The number of likely N-dealkylation sites (tertiary alicyclic amines) is 1. The first-order chi connectivity index (χ1) is 17.8. The van der Waals surface area contributed by atoms with Crippen LogP contribution >= 0.6 is 12.6 Å². The van der Waals surface area contributed by atoms with Crippen LogP contribution in [0.2, 0.25) is 0 Å². The fourth-order valence-corrected chi connectivity index (χ4v) is 4.57. The standard InChI is InChI=1S/C24H25N3O10S/c1-11-8-12(9-16-13(11)2-7-20(31)37-16)24(23(35)36)17(28)4-6-19(30)27(24)21(32)15(10-38)26-18(29)5-3-14(25)22(33)34/h2,7-9,14-15,38H,3-6,10,25H2,1H3,(H,26,29)(H,33,34)(H,35,36)/t14?,15?,24-/m0/s1. The van der Waals surface area contributed by atoms with Crippen LogP contribution in [0.25, 0.3) is 11.0 Å². The maximum atomic E-state index is 13.6. The van der Waals surface area contributed by atoms with Crippen molar-refractivity contribution in [3.8, 4) is 0 Å². The predicted octanol–water partition coefficient (Wildman–Crippen LogP) is -0.294. The molecule has 13 nitrogen and oxygen atoms in total. The quantitative estimate of drug-likeness (QED) is 0.156. The van der Waals surface area contributed by atoms with Gasteiger partial charge in [-0.15, -0.1) is 0 Å². The zero-order valence-corrected chi connectivity index (χ0v) is 21.0. The van der Waals surface area contributed by atoms with Gasteiger partial charge in [0, 0.05) is 42.0 Å². The number of amides is 3. The van der Waals surface area contributed by atoms with E-state index < -0.39 is 71.5 Å². The van der Waals surface area contributed by atoms with Gasteiger partial charge in [-0.05, 0) is 31.0 Å². The maximum Gasteiger partial charge on any atom is 0.342 e. The number of hydrogen-bond donors (Lipinski definition) is 5. The highest BCUT2D eigenvalue weighted by atomic mass is 32.1. The van der Waals surface area contributed by atoms with Crippen molar-refractivity contribution in [3.05, 3.63) is 45.8 Å². The molecule has 3 amide bonds. The van der Waals surface area contributed by atoms with Crippen LogP contribution in [-0.4, -0.2) is 68.4 Å². The Morgan fingerprint density at radius 3 is 2.45 bits per heavy atom. The SMILES string of the molecule is Cc1cc([C@@]2(C(=O)O)C(=O)CCC(=O)N2C(=O)C(CS)NC(=O)CCC(N)C(=O)O)cc2oc(=O)ccc12. The second kappa shape index (κ2) is 11.1. The number of fused-ring (bicyclic) bond motifs is 1. The molecule has 3 atom stereocenters. The number of nitrogens with one attached hydrogen (secondary N) is 1. The molecule has 1 aliphatic heterocycles. The van der Waals surface area contributed by atoms with E-state index in [4.69, 9.17) is 15.3 Å². The third kappa shape index (κ3) is 5.17. The van der Waals surface area contributed by atoms with Crippen molar-refractivity contribution < 1.29 is 43.4 Å². The van der Waals surface area contributed by atoms with Gasteiger partial charge < -0.3 is 25.7 Å². The lowest BCUT2D eigenvalue weighted by Crippen LogP contribution is -2.67. The molecule has 3 rings (SSSR count). The summed E-state index contributed by atoms with van der Waals surface area (Å²) in [5.74, 6) is -7.47. The van der Waals surface area contributed by atoms with E-state index in [2.05, 4.69) is 17.9 Å². The number of rotatable bonds is 9. The summed E-state index contributed by atoms with van der Waals surface area (Å²) in [6.45, 7) is 1.57. The molecule has 0 bridgehead atoms. The van der Waals surface area contributed by atoms with Gasteiger partial charge in [0.1, 0.15) is 17.7 Å². The Morgan fingerprint density at radius 2 is 1.84 bits per heavy atom. The molecule has 2 aromatic rings. The molecule has 1 saturated heterocycles. The summed E-state index contributed by atoms with van der Waals surface area (Å²) in [5, 5.41) is 22.0. The molecule has 202 valence electrons. The van der Waals surface area contributed by atoms with E-state index in [1.165, 1.54) is 12.1 Å². The van der Waals surface area contributed by atoms with E-state index in [0.717, 1.165) is 12.1 Å². The number of ketones is 1. The number of piperidine rings is 1. The third-order valence-electron chi connectivity index (χ3n) is 6.26. The highest BCUT2D eigenvalue weighted by Gasteiger charge is 2.60. The van der Waals surface area contributed by atoms with E-state index >= 15 is 0 Å². The van der Waals surface area contributed by atoms with Crippen LogP contribution in [0.3, 0.4) is 0 Å². The van der Waals surface area contributed by atoms with Crippen LogP contribution in [-0.2, 0) is 34.3 Å². The van der Waals surface area contributed by atoms with Gasteiger partial charge in [0.2, 0.25) is 17.4 Å². The Morgan fingerprint density at radius 1 is 1.16 bits per heavy atom. The summed E-state index contributed by atoms with van der Waals surface area (Å²) in [5.41, 5.74) is 1.91. The van der Waals surface area contributed by atoms with Crippen LogP contribution in [0, 0.1) is 6.92 Å². The highest BCUT2D eigenvalue weighted by Crippen LogP contribution is 2.39.